The van der Waals surface area contributed by atoms with Gasteiger partial charge in [-0.2, -0.15) is 18.4 Å². The van der Waals surface area contributed by atoms with Gasteiger partial charge < -0.3 is 5.32 Å². The molecular formula is C19H17ClF3N5. The van der Waals surface area contributed by atoms with Crippen LogP contribution in [0.25, 0.3) is 5.65 Å². The second-order valence-electron chi connectivity index (χ2n) is 6.38. The van der Waals surface area contributed by atoms with Crippen molar-refractivity contribution in [1.29, 1.82) is 5.26 Å². The maximum atomic E-state index is 12.9. The van der Waals surface area contributed by atoms with E-state index < -0.39 is 11.7 Å². The number of pyridine rings is 1. The summed E-state index contributed by atoms with van der Waals surface area (Å²) in [5, 5.41) is 19.5. The van der Waals surface area contributed by atoms with Crippen molar-refractivity contribution in [3.63, 3.8) is 0 Å². The Labute approximate surface area is 164 Å². The topological polar surface area (TPSA) is 66.0 Å². The second kappa shape index (κ2) is 8.59. The zero-order valence-corrected chi connectivity index (χ0v) is 15.5. The first kappa shape index (κ1) is 20.1. The molecule has 3 aromatic rings. The molecule has 0 amide bonds. The number of aromatic nitrogens is 3. The van der Waals surface area contributed by atoms with Crippen LogP contribution in [0.15, 0.2) is 42.9 Å². The molecule has 1 aromatic carbocycles. The van der Waals surface area contributed by atoms with Crippen LogP contribution >= 0.6 is 11.6 Å². The third kappa shape index (κ3) is 4.80. The molecule has 28 heavy (non-hydrogen) atoms. The third-order valence-electron chi connectivity index (χ3n) is 4.52. The van der Waals surface area contributed by atoms with Crippen LogP contribution in [-0.4, -0.2) is 27.7 Å². The van der Waals surface area contributed by atoms with Gasteiger partial charge in [0.05, 0.1) is 11.1 Å². The van der Waals surface area contributed by atoms with E-state index in [4.69, 9.17) is 16.9 Å². The average Bonchev–Trinajstić information content (AvgIpc) is 3.16. The van der Waals surface area contributed by atoms with E-state index in [0.29, 0.717) is 16.1 Å². The van der Waals surface area contributed by atoms with Gasteiger partial charge in [0.15, 0.2) is 5.65 Å². The number of hydrogen-bond acceptors (Lipinski definition) is 4. The van der Waals surface area contributed by atoms with E-state index in [1.165, 1.54) is 12.1 Å². The van der Waals surface area contributed by atoms with Crippen LogP contribution in [0.1, 0.15) is 35.4 Å². The molecule has 1 fully saturated rings. The van der Waals surface area contributed by atoms with Gasteiger partial charge in [-0.1, -0.05) is 11.6 Å². The van der Waals surface area contributed by atoms with Crippen molar-refractivity contribution in [3.05, 3.63) is 64.6 Å². The molecule has 1 N–H and O–H groups in total. The lowest BCUT2D eigenvalue weighted by molar-refractivity contribution is -0.138. The standard InChI is InChI=1S/C12H13ClF3N.C7H4N4/c13-9-1-2-11(12(14,15)16)10(7-9)8-3-5-17-6-4-8;8-3-6-1-2-7-10-9-5-11(7)4-6/h1-2,7-8,17H,3-6H2;1-2,4-5H. The van der Waals surface area contributed by atoms with E-state index in [-0.39, 0.29) is 5.92 Å². The second-order valence-corrected chi connectivity index (χ2v) is 6.82. The lowest BCUT2D eigenvalue weighted by atomic mass is 9.87. The number of alkyl halides is 3. The average molecular weight is 408 g/mol. The Kier molecular flexibility index (Phi) is 6.17. The largest absolute Gasteiger partial charge is 0.416 e. The molecule has 5 nitrogen and oxygen atoms in total. The van der Waals surface area contributed by atoms with Gasteiger partial charge >= 0.3 is 6.18 Å². The van der Waals surface area contributed by atoms with Gasteiger partial charge in [-0.05, 0) is 67.7 Å². The number of nitriles is 1. The van der Waals surface area contributed by atoms with Crippen LogP contribution in [0.2, 0.25) is 5.02 Å². The minimum Gasteiger partial charge on any atom is -0.317 e. The highest BCUT2D eigenvalue weighted by Gasteiger charge is 2.35. The third-order valence-corrected chi connectivity index (χ3v) is 4.75. The van der Waals surface area contributed by atoms with Gasteiger partial charge in [-0.15, -0.1) is 10.2 Å². The summed E-state index contributed by atoms with van der Waals surface area (Å²) in [4.78, 5) is 0. The van der Waals surface area contributed by atoms with Gasteiger partial charge in [0.25, 0.3) is 0 Å². The molecule has 0 spiro atoms. The number of nitrogens with zero attached hydrogens (tertiary/aromatic N) is 4. The molecule has 146 valence electrons. The maximum Gasteiger partial charge on any atom is 0.416 e. The smallest absolute Gasteiger partial charge is 0.317 e. The molecule has 4 rings (SSSR count). The molecular weight excluding hydrogens is 391 g/mol. The molecule has 1 aliphatic rings. The summed E-state index contributed by atoms with van der Waals surface area (Å²) in [5.74, 6) is -0.0495. The first-order chi connectivity index (χ1) is 13.4. The molecule has 1 aliphatic heterocycles. The lowest BCUT2D eigenvalue weighted by Gasteiger charge is -2.26. The highest BCUT2D eigenvalue weighted by Crippen LogP contribution is 2.39. The first-order valence-corrected chi connectivity index (χ1v) is 9.03. The number of halogens is 4. The van der Waals surface area contributed by atoms with Crippen LogP contribution in [0.3, 0.4) is 0 Å². The van der Waals surface area contributed by atoms with E-state index >= 15 is 0 Å². The normalized spacial score (nSPS) is 15.0. The summed E-state index contributed by atoms with van der Waals surface area (Å²) < 4.78 is 40.3. The van der Waals surface area contributed by atoms with E-state index in [1.54, 1.807) is 29.1 Å². The summed E-state index contributed by atoms with van der Waals surface area (Å²) in [7, 11) is 0. The predicted octanol–water partition coefficient (Wildman–Crippen LogP) is 4.43. The molecule has 0 unspecified atom stereocenters. The van der Waals surface area contributed by atoms with Crippen molar-refractivity contribution in [1.82, 2.24) is 19.9 Å². The van der Waals surface area contributed by atoms with Gasteiger partial charge in [0.2, 0.25) is 0 Å². The zero-order chi connectivity index (χ0) is 20.1. The Morgan fingerprint density at radius 1 is 1.18 bits per heavy atom. The number of piperidine rings is 1. The molecule has 0 atom stereocenters. The number of fused-ring (bicyclic) bond motifs is 1. The molecule has 3 heterocycles. The number of benzene rings is 1. The SMILES string of the molecule is FC(F)(F)c1ccc(Cl)cc1C1CCNCC1.N#Cc1ccc2nncn2c1. The Bertz CT molecular complexity index is 987. The summed E-state index contributed by atoms with van der Waals surface area (Å²) >= 11 is 5.80. The van der Waals surface area contributed by atoms with Gasteiger partial charge in [0, 0.05) is 11.2 Å². The Balaban J connectivity index is 0.000000176. The van der Waals surface area contributed by atoms with Crippen molar-refractivity contribution < 1.29 is 13.2 Å². The number of hydrogen-bond donors (Lipinski definition) is 1. The molecule has 0 saturated carbocycles. The molecule has 0 radical (unpaired) electrons. The van der Waals surface area contributed by atoms with Crippen LogP contribution in [-0.2, 0) is 6.18 Å². The molecule has 9 heteroatoms. The summed E-state index contributed by atoms with van der Waals surface area (Å²) in [6.45, 7) is 1.52. The monoisotopic (exact) mass is 407 g/mol. The van der Waals surface area contributed by atoms with Crippen molar-refractivity contribution in [2.24, 2.45) is 0 Å². The molecule has 1 saturated heterocycles. The lowest BCUT2D eigenvalue weighted by Crippen LogP contribution is -2.27. The van der Waals surface area contributed by atoms with Crippen LogP contribution < -0.4 is 5.32 Å². The first-order valence-electron chi connectivity index (χ1n) is 8.65. The number of rotatable bonds is 1. The molecule has 0 aliphatic carbocycles. The summed E-state index contributed by atoms with van der Waals surface area (Å²) in [6.07, 6.45) is 0.406. The Hall–Kier alpha value is -2.63. The van der Waals surface area contributed by atoms with E-state index in [1.807, 2.05) is 6.07 Å². The fourth-order valence-corrected chi connectivity index (χ4v) is 3.34. The van der Waals surface area contributed by atoms with Crippen LogP contribution in [0, 0.1) is 11.3 Å². The highest BCUT2D eigenvalue weighted by atomic mass is 35.5. The van der Waals surface area contributed by atoms with Gasteiger partial charge in [-0.25, -0.2) is 0 Å². The van der Waals surface area contributed by atoms with Crippen molar-refractivity contribution >= 4 is 17.2 Å². The van der Waals surface area contributed by atoms with Crippen LogP contribution in [0.5, 0.6) is 0 Å². The molecule has 2 aromatic heterocycles. The van der Waals surface area contributed by atoms with Crippen molar-refractivity contribution in [2.45, 2.75) is 24.9 Å². The quantitative estimate of drug-likeness (QED) is 0.648. The molecule has 0 bridgehead atoms. The summed E-state index contributed by atoms with van der Waals surface area (Å²) in [5.41, 5.74) is 1.15. The van der Waals surface area contributed by atoms with E-state index in [9.17, 15) is 13.2 Å². The fraction of sp³-hybridized carbons (Fsp3) is 0.316. The number of nitrogens with one attached hydrogen (secondary N) is 1. The van der Waals surface area contributed by atoms with Gasteiger partial charge in [-0.3, -0.25) is 4.40 Å². The van der Waals surface area contributed by atoms with Crippen LogP contribution in [0.4, 0.5) is 13.2 Å². The Morgan fingerprint density at radius 2 is 1.93 bits per heavy atom. The van der Waals surface area contributed by atoms with E-state index in [0.717, 1.165) is 37.6 Å². The van der Waals surface area contributed by atoms with Gasteiger partial charge in [0.1, 0.15) is 12.4 Å². The predicted molar refractivity (Wildman–Crippen MR) is 99.0 cm³/mol. The van der Waals surface area contributed by atoms with Crippen molar-refractivity contribution in [2.75, 3.05) is 13.1 Å². The van der Waals surface area contributed by atoms with E-state index in [2.05, 4.69) is 15.5 Å². The minimum atomic E-state index is -4.30. The van der Waals surface area contributed by atoms with Crippen molar-refractivity contribution in [3.8, 4) is 6.07 Å². The maximum absolute atomic E-state index is 12.9. The fourth-order valence-electron chi connectivity index (χ4n) is 3.16. The Morgan fingerprint density at radius 3 is 2.61 bits per heavy atom. The zero-order valence-electron chi connectivity index (χ0n) is 14.7. The summed E-state index contributed by atoms with van der Waals surface area (Å²) in [6, 6.07) is 9.34. The highest BCUT2D eigenvalue weighted by molar-refractivity contribution is 6.30. The minimum absolute atomic E-state index is 0.0495.